The van der Waals surface area contributed by atoms with Gasteiger partial charge in [-0.3, -0.25) is 4.79 Å². The number of ether oxygens (including phenoxy) is 1. The molecule has 1 aliphatic carbocycles. The molecule has 1 aromatic carbocycles. The molecule has 0 saturated heterocycles. The smallest absolute Gasteiger partial charge is 0.313 e. The summed E-state index contributed by atoms with van der Waals surface area (Å²) in [5.74, 6) is 0.303. The first kappa shape index (κ1) is 13.6. The van der Waals surface area contributed by atoms with Gasteiger partial charge in [-0.15, -0.1) is 0 Å². The van der Waals surface area contributed by atoms with Gasteiger partial charge in [-0.2, -0.15) is 0 Å². The molecule has 0 N–H and O–H groups in total. The van der Waals surface area contributed by atoms with E-state index in [2.05, 4.69) is 15.9 Å². The molecule has 0 amide bonds. The van der Waals surface area contributed by atoms with Crippen molar-refractivity contribution in [2.75, 3.05) is 6.61 Å². The van der Waals surface area contributed by atoms with Crippen LogP contribution in [0.25, 0.3) is 0 Å². The van der Waals surface area contributed by atoms with Crippen LogP contribution in [0, 0.1) is 5.92 Å². The lowest BCUT2D eigenvalue weighted by Crippen LogP contribution is -2.22. The molecule has 0 bridgehead atoms. The van der Waals surface area contributed by atoms with Gasteiger partial charge < -0.3 is 4.74 Å². The van der Waals surface area contributed by atoms with Crippen LogP contribution in [0.5, 0.6) is 0 Å². The molecule has 0 radical (unpaired) electrons. The van der Waals surface area contributed by atoms with Gasteiger partial charge in [-0.1, -0.05) is 40.9 Å². The Morgan fingerprint density at radius 2 is 1.94 bits per heavy atom. The molecule has 0 unspecified atom stereocenters. The third-order valence-electron chi connectivity index (χ3n) is 3.64. The molecule has 2 rings (SSSR count). The van der Waals surface area contributed by atoms with Crippen LogP contribution in [0.1, 0.15) is 44.1 Å². The van der Waals surface area contributed by atoms with Gasteiger partial charge in [-0.05, 0) is 43.4 Å². The van der Waals surface area contributed by atoms with Crippen LogP contribution in [0.2, 0.25) is 0 Å². The molecule has 3 heteroatoms. The van der Waals surface area contributed by atoms with Gasteiger partial charge in [0, 0.05) is 4.47 Å². The highest BCUT2D eigenvalue weighted by Crippen LogP contribution is 2.38. The summed E-state index contributed by atoms with van der Waals surface area (Å²) in [5, 5.41) is 0. The third kappa shape index (κ3) is 3.14. The Morgan fingerprint density at radius 3 is 2.50 bits per heavy atom. The van der Waals surface area contributed by atoms with Gasteiger partial charge in [0.2, 0.25) is 0 Å². The van der Waals surface area contributed by atoms with Crippen molar-refractivity contribution in [1.29, 1.82) is 0 Å². The fourth-order valence-corrected chi connectivity index (χ4v) is 3.06. The largest absolute Gasteiger partial charge is 0.466 e. The molecule has 0 aliphatic heterocycles. The van der Waals surface area contributed by atoms with E-state index in [0.717, 1.165) is 22.9 Å². The second-order valence-corrected chi connectivity index (χ2v) is 5.74. The van der Waals surface area contributed by atoms with Crippen molar-refractivity contribution in [3.05, 3.63) is 34.3 Å². The molecule has 0 heterocycles. The summed E-state index contributed by atoms with van der Waals surface area (Å²) in [6.07, 6.45) is 4.74. The number of hydrogen-bond acceptors (Lipinski definition) is 2. The van der Waals surface area contributed by atoms with E-state index in [0.29, 0.717) is 12.5 Å². The van der Waals surface area contributed by atoms with Crippen molar-refractivity contribution in [3.8, 4) is 0 Å². The van der Waals surface area contributed by atoms with Crippen molar-refractivity contribution in [2.24, 2.45) is 5.92 Å². The van der Waals surface area contributed by atoms with E-state index in [4.69, 9.17) is 4.74 Å². The maximum Gasteiger partial charge on any atom is 0.313 e. The predicted octanol–water partition coefficient (Wildman–Crippen LogP) is 4.29. The van der Waals surface area contributed by atoms with Crippen LogP contribution in [0.15, 0.2) is 28.7 Å². The van der Waals surface area contributed by atoms with Crippen LogP contribution in [-0.2, 0) is 9.53 Å². The summed E-state index contributed by atoms with van der Waals surface area (Å²) in [4.78, 5) is 12.2. The Labute approximate surface area is 117 Å². The van der Waals surface area contributed by atoms with Crippen molar-refractivity contribution in [2.45, 2.75) is 38.5 Å². The molecule has 1 aromatic rings. The summed E-state index contributed by atoms with van der Waals surface area (Å²) in [5.41, 5.74) is 1.09. The Kier molecular flexibility index (Phi) is 4.81. The van der Waals surface area contributed by atoms with E-state index < -0.39 is 0 Å². The number of benzene rings is 1. The van der Waals surface area contributed by atoms with E-state index in [9.17, 15) is 4.79 Å². The number of carbonyl (C=O) groups excluding carboxylic acids is 1. The van der Waals surface area contributed by atoms with Crippen molar-refractivity contribution >= 4 is 21.9 Å². The summed E-state index contributed by atoms with van der Waals surface area (Å²) in [6.45, 7) is 2.32. The fourth-order valence-electron chi connectivity index (χ4n) is 2.79. The second-order valence-electron chi connectivity index (χ2n) is 4.83. The van der Waals surface area contributed by atoms with Crippen LogP contribution >= 0.6 is 15.9 Å². The molecule has 1 atom stereocenters. The summed E-state index contributed by atoms with van der Waals surface area (Å²) in [6, 6.07) is 8.06. The van der Waals surface area contributed by atoms with Gasteiger partial charge in [-0.25, -0.2) is 0 Å². The average molecular weight is 311 g/mol. The molecule has 98 valence electrons. The van der Waals surface area contributed by atoms with Gasteiger partial charge in [0.05, 0.1) is 12.5 Å². The minimum absolute atomic E-state index is 0.0632. The minimum Gasteiger partial charge on any atom is -0.466 e. The van der Waals surface area contributed by atoms with Crippen LogP contribution < -0.4 is 0 Å². The zero-order valence-corrected chi connectivity index (χ0v) is 12.3. The first-order chi connectivity index (χ1) is 8.72. The van der Waals surface area contributed by atoms with Crippen molar-refractivity contribution in [1.82, 2.24) is 0 Å². The molecule has 0 spiro atoms. The van der Waals surface area contributed by atoms with Crippen LogP contribution in [0.4, 0.5) is 0 Å². The highest BCUT2D eigenvalue weighted by atomic mass is 79.9. The van der Waals surface area contributed by atoms with Crippen LogP contribution in [0.3, 0.4) is 0 Å². The van der Waals surface area contributed by atoms with Crippen molar-refractivity contribution < 1.29 is 9.53 Å². The monoisotopic (exact) mass is 310 g/mol. The molecular weight excluding hydrogens is 292 g/mol. The average Bonchev–Trinajstić information content (AvgIpc) is 2.86. The Balaban J connectivity index is 2.22. The quantitative estimate of drug-likeness (QED) is 0.776. The Bertz CT molecular complexity index is 393. The SMILES string of the molecule is CCOC(=O)[C@H](c1ccc(Br)cc1)C1CCCC1. The Morgan fingerprint density at radius 1 is 1.33 bits per heavy atom. The molecule has 18 heavy (non-hydrogen) atoms. The zero-order valence-electron chi connectivity index (χ0n) is 10.7. The third-order valence-corrected chi connectivity index (χ3v) is 4.17. The fraction of sp³-hybridized carbons (Fsp3) is 0.533. The zero-order chi connectivity index (χ0) is 13.0. The molecule has 1 saturated carbocycles. The van der Waals surface area contributed by atoms with E-state index >= 15 is 0 Å². The Hall–Kier alpha value is -0.830. The summed E-state index contributed by atoms with van der Waals surface area (Å²) < 4.78 is 6.29. The van der Waals surface area contributed by atoms with Gasteiger partial charge in [0.25, 0.3) is 0 Å². The summed E-state index contributed by atoms with van der Waals surface area (Å²) >= 11 is 3.43. The second kappa shape index (κ2) is 6.37. The lowest BCUT2D eigenvalue weighted by molar-refractivity contribution is -0.146. The van der Waals surface area contributed by atoms with E-state index in [1.165, 1.54) is 12.8 Å². The van der Waals surface area contributed by atoms with Gasteiger partial charge >= 0.3 is 5.97 Å². The molecule has 2 nitrogen and oxygen atoms in total. The normalized spacial score (nSPS) is 17.7. The maximum atomic E-state index is 12.2. The predicted molar refractivity (Wildman–Crippen MR) is 75.5 cm³/mol. The van der Waals surface area contributed by atoms with Crippen LogP contribution in [-0.4, -0.2) is 12.6 Å². The lowest BCUT2D eigenvalue weighted by atomic mass is 9.85. The first-order valence-corrected chi connectivity index (χ1v) is 7.43. The maximum absolute atomic E-state index is 12.2. The number of esters is 1. The standard InChI is InChI=1S/C15H19BrO2/c1-2-18-15(17)14(11-5-3-4-6-11)12-7-9-13(16)10-8-12/h7-11,14H,2-6H2,1H3/t14-/m0/s1. The molecule has 1 fully saturated rings. The highest BCUT2D eigenvalue weighted by molar-refractivity contribution is 9.10. The lowest BCUT2D eigenvalue weighted by Gasteiger charge is -2.22. The molecular formula is C15H19BrO2. The van der Waals surface area contributed by atoms with E-state index in [1.807, 2.05) is 31.2 Å². The first-order valence-electron chi connectivity index (χ1n) is 6.64. The van der Waals surface area contributed by atoms with Crippen molar-refractivity contribution in [3.63, 3.8) is 0 Å². The van der Waals surface area contributed by atoms with E-state index in [-0.39, 0.29) is 11.9 Å². The highest BCUT2D eigenvalue weighted by Gasteiger charge is 2.32. The topological polar surface area (TPSA) is 26.3 Å². The van der Waals surface area contributed by atoms with E-state index in [1.54, 1.807) is 0 Å². The molecule has 1 aliphatic rings. The van der Waals surface area contributed by atoms with Gasteiger partial charge in [0.15, 0.2) is 0 Å². The number of halogens is 1. The summed E-state index contributed by atoms with van der Waals surface area (Å²) in [7, 11) is 0. The number of rotatable bonds is 4. The number of carbonyl (C=O) groups is 1. The van der Waals surface area contributed by atoms with Gasteiger partial charge in [0.1, 0.15) is 0 Å². The molecule has 0 aromatic heterocycles. The number of hydrogen-bond donors (Lipinski definition) is 0. The minimum atomic E-state index is -0.0828.